The predicted octanol–water partition coefficient (Wildman–Crippen LogP) is 1.22. The maximum Gasteiger partial charge on any atom is 0.0471 e. The molecule has 1 aliphatic heterocycles. The van der Waals surface area contributed by atoms with E-state index in [0.717, 1.165) is 26.1 Å². The van der Waals surface area contributed by atoms with E-state index in [9.17, 15) is 5.11 Å². The van der Waals surface area contributed by atoms with E-state index in [4.69, 9.17) is 5.73 Å². The van der Waals surface area contributed by atoms with Crippen LogP contribution in [0.4, 0.5) is 0 Å². The van der Waals surface area contributed by atoms with Crippen LogP contribution in [-0.4, -0.2) is 42.8 Å². The van der Waals surface area contributed by atoms with Crippen LogP contribution in [0.2, 0.25) is 0 Å². The quantitative estimate of drug-likeness (QED) is 0.823. The van der Waals surface area contributed by atoms with E-state index in [-0.39, 0.29) is 5.41 Å². The first-order valence-corrected chi connectivity index (χ1v) is 6.77. The van der Waals surface area contributed by atoms with Crippen LogP contribution in [0.5, 0.6) is 0 Å². The largest absolute Gasteiger partial charge is 0.396 e. The molecule has 1 saturated heterocycles. The lowest BCUT2D eigenvalue weighted by atomic mass is 9.82. The third kappa shape index (κ3) is 2.91. The first kappa shape index (κ1) is 13.5. The van der Waals surface area contributed by atoms with Gasteiger partial charge in [-0.25, -0.2) is 0 Å². The van der Waals surface area contributed by atoms with Crippen LogP contribution >= 0.6 is 0 Å². The molecule has 1 aromatic carbocycles. The minimum atomic E-state index is 0.00556. The first-order valence-electron chi connectivity index (χ1n) is 6.77. The summed E-state index contributed by atoms with van der Waals surface area (Å²) in [6.07, 6.45) is 1.10. The van der Waals surface area contributed by atoms with Gasteiger partial charge in [0.25, 0.3) is 0 Å². The molecule has 2 atom stereocenters. The normalized spacial score (nSPS) is 24.1. The monoisotopic (exact) mass is 248 g/mol. The van der Waals surface area contributed by atoms with Crippen molar-refractivity contribution in [1.82, 2.24) is 4.90 Å². The maximum atomic E-state index is 9.20. The lowest BCUT2D eigenvalue weighted by molar-refractivity contribution is 0.208. The number of nitrogens with two attached hydrogens (primary N) is 1. The Kier molecular flexibility index (Phi) is 4.38. The standard InChI is InChI=1S/C15H24N2O/c1-15(11-16,14-5-3-2-4-6-14)12-17-8-7-13(9-17)10-18/h2-6,13,18H,7-12,16H2,1H3. The summed E-state index contributed by atoms with van der Waals surface area (Å²) in [6, 6.07) is 10.5. The summed E-state index contributed by atoms with van der Waals surface area (Å²) >= 11 is 0. The molecule has 2 unspecified atom stereocenters. The highest BCUT2D eigenvalue weighted by molar-refractivity contribution is 5.25. The van der Waals surface area contributed by atoms with Crippen LogP contribution in [0.3, 0.4) is 0 Å². The van der Waals surface area contributed by atoms with Gasteiger partial charge in [0.05, 0.1) is 0 Å². The van der Waals surface area contributed by atoms with Crippen LogP contribution in [0.15, 0.2) is 30.3 Å². The molecular formula is C15H24N2O. The van der Waals surface area contributed by atoms with Gasteiger partial charge in [-0.3, -0.25) is 0 Å². The SMILES string of the molecule is CC(CN)(CN1CCC(CO)C1)c1ccccc1. The Morgan fingerprint density at radius 2 is 2.11 bits per heavy atom. The van der Waals surface area contributed by atoms with E-state index in [1.807, 2.05) is 6.07 Å². The lowest BCUT2D eigenvalue weighted by Crippen LogP contribution is -2.43. The van der Waals surface area contributed by atoms with Crippen molar-refractivity contribution in [2.45, 2.75) is 18.8 Å². The molecule has 0 radical (unpaired) electrons. The molecular weight excluding hydrogens is 224 g/mol. The van der Waals surface area contributed by atoms with Gasteiger partial charge in [-0.1, -0.05) is 37.3 Å². The molecule has 1 aromatic rings. The Balaban J connectivity index is 2.05. The zero-order valence-electron chi connectivity index (χ0n) is 11.2. The minimum Gasteiger partial charge on any atom is -0.396 e. The summed E-state index contributed by atoms with van der Waals surface area (Å²) in [5.74, 6) is 0.447. The van der Waals surface area contributed by atoms with Crippen LogP contribution in [0, 0.1) is 5.92 Å². The molecule has 0 spiro atoms. The third-order valence-electron chi connectivity index (χ3n) is 4.12. The average Bonchev–Trinajstić information content (AvgIpc) is 2.87. The lowest BCUT2D eigenvalue weighted by Gasteiger charge is -2.33. The van der Waals surface area contributed by atoms with Gasteiger partial charge in [0.2, 0.25) is 0 Å². The van der Waals surface area contributed by atoms with Crippen LogP contribution in [0.1, 0.15) is 18.9 Å². The second-order valence-corrected chi connectivity index (χ2v) is 5.70. The predicted molar refractivity (Wildman–Crippen MR) is 74.5 cm³/mol. The molecule has 18 heavy (non-hydrogen) atoms. The molecule has 0 bridgehead atoms. The highest BCUT2D eigenvalue weighted by Crippen LogP contribution is 2.26. The molecule has 1 heterocycles. The fraction of sp³-hybridized carbons (Fsp3) is 0.600. The van der Waals surface area contributed by atoms with Gasteiger partial charge in [0.1, 0.15) is 0 Å². The topological polar surface area (TPSA) is 49.5 Å². The molecule has 0 saturated carbocycles. The molecule has 2 rings (SSSR count). The molecule has 3 N–H and O–H groups in total. The second-order valence-electron chi connectivity index (χ2n) is 5.70. The molecule has 100 valence electrons. The van der Waals surface area contributed by atoms with E-state index >= 15 is 0 Å². The summed E-state index contributed by atoms with van der Waals surface area (Å²) in [5.41, 5.74) is 7.32. The van der Waals surface area contributed by atoms with Gasteiger partial charge in [-0.2, -0.15) is 0 Å². The molecule has 3 heteroatoms. The highest BCUT2D eigenvalue weighted by Gasteiger charge is 2.31. The Morgan fingerprint density at radius 1 is 1.39 bits per heavy atom. The third-order valence-corrected chi connectivity index (χ3v) is 4.12. The van der Waals surface area contributed by atoms with Gasteiger partial charge in [-0.05, 0) is 24.4 Å². The molecule has 3 nitrogen and oxygen atoms in total. The van der Waals surface area contributed by atoms with E-state index < -0.39 is 0 Å². The van der Waals surface area contributed by atoms with Crippen LogP contribution in [0.25, 0.3) is 0 Å². The van der Waals surface area contributed by atoms with Crippen molar-refractivity contribution < 1.29 is 5.11 Å². The van der Waals surface area contributed by atoms with Gasteiger partial charge in [-0.15, -0.1) is 0 Å². The maximum absolute atomic E-state index is 9.20. The average molecular weight is 248 g/mol. The van der Waals surface area contributed by atoms with Crippen molar-refractivity contribution in [3.05, 3.63) is 35.9 Å². The van der Waals surface area contributed by atoms with Crippen molar-refractivity contribution in [3.8, 4) is 0 Å². The van der Waals surface area contributed by atoms with Crippen molar-refractivity contribution in [1.29, 1.82) is 0 Å². The molecule has 0 aliphatic carbocycles. The Hall–Kier alpha value is -0.900. The summed E-state index contributed by atoms with van der Waals surface area (Å²) in [4.78, 5) is 2.43. The van der Waals surface area contributed by atoms with Gasteiger partial charge >= 0.3 is 0 Å². The van der Waals surface area contributed by atoms with Gasteiger partial charge in [0.15, 0.2) is 0 Å². The zero-order chi connectivity index (χ0) is 13.0. The highest BCUT2D eigenvalue weighted by atomic mass is 16.3. The molecule has 0 aromatic heterocycles. The number of aliphatic hydroxyl groups excluding tert-OH is 1. The van der Waals surface area contributed by atoms with Crippen LogP contribution < -0.4 is 5.73 Å². The van der Waals surface area contributed by atoms with E-state index in [1.165, 1.54) is 5.56 Å². The number of nitrogens with zero attached hydrogens (tertiary/aromatic N) is 1. The van der Waals surface area contributed by atoms with Crippen molar-refractivity contribution in [2.75, 3.05) is 32.8 Å². The second kappa shape index (κ2) is 5.83. The van der Waals surface area contributed by atoms with E-state index in [0.29, 0.717) is 19.1 Å². The number of aliphatic hydroxyl groups is 1. The summed E-state index contributed by atoms with van der Waals surface area (Å²) in [7, 11) is 0. The summed E-state index contributed by atoms with van der Waals surface area (Å²) < 4.78 is 0. The fourth-order valence-electron chi connectivity index (χ4n) is 2.81. The van der Waals surface area contributed by atoms with E-state index in [1.54, 1.807) is 0 Å². The van der Waals surface area contributed by atoms with E-state index in [2.05, 4.69) is 36.1 Å². The number of benzene rings is 1. The smallest absolute Gasteiger partial charge is 0.0471 e. The first-order chi connectivity index (χ1) is 8.68. The molecule has 1 aliphatic rings. The Bertz CT molecular complexity index is 368. The Labute approximate surface area is 110 Å². The minimum absolute atomic E-state index is 0.00556. The number of hydrogen-bond acceptors (Lipinski definition) is 3. The summed E-state index contributed by atoms with van der Waals surface area (Å²) in [5, 5.41) is 9.20. The van der Waals surface area contributed by atoms with Crippen LogP contribution in [-0.2, 0) is 5.41 Å². The Morgan fingerprint density at radius 3 is 2.67 bits per heavy atom. The number of likely N-dealkylation sites (tertiary alicyclic amines) is 1. The van der Waals surface area contributed by atoms with Gasteiger partial charge < -0.3 is 15.7 Å². The van der Waals surface area contributed by atoms with Crippen molar-refractivity contribution in [2.24, 2.45) is 11.7 Å². The van der Waals surface area contributed by atoms with Gasteiger partial charge in [0, 0.05) is 31.7 Å². The molecule has 0 amide bonds. The van der Waals surface area contributed by atoms with Crippen molar-refractivity contribution in [3.63, 3.8) is 0 Å². The van der Waals surface area contributed by atoms with Crippen molar-refractivity contribution >= 4 is 0 Å². The summed E-state index contributed by atoms with van der Waals surface area (Å²) in [6.45, 7) is 6.24. The zero-order valence-corrected chi connectivity index (χ0v) is 11.2. The number of rotatable bonds is 5. The number of hydrogen-bond donors (Lipinski definition) is 2. The fourth-order valence-corrected chi connectivity index (χ4v) is 2.81. The molecule has 1 fully saturated rings.